The first-order valence-electron chi connectivity index (χ1n) is 10.1. The Bertz CT molecular complexity index is 836. The van der Waals surface area contributed by atoms with E-state index < -0.39 is 30.4 Å². The fourth-order valence-electron chi connectivity index (χ4n) is 2.95. The van der Waals surface area contributed by atoms with Gasteiger partial charge in [-0.25, -0.2) is 34.6 Å². The number of hydrazine groups is 2. The SMILES string of the molecule is CCOC(=O)NN(C(=O)OCC)C1CN(C(=O)OCC)N(C(=O)OCC)c2cccnc21. The molecule has 0 bridgehead atoms. The molecule has 0 radical (unpaired) electrons. The second kappa shape index (κ2) is 11.6. The Balaban J connectivity index is 2.57. The molecule has 1 aliphatic heterocycles. The maximum absolute atomic E-state index is 12.7. The topological polar surface area (TPSA) is 140 Å². The highest BCUT2D eigenvalue weighted by Gasteiger charge is 2.44. The third kappa shape index (κ3) is 5.47. The van der Waals surface area contributed by atoms with E-state index in [0.717, 1.165) is 15.0 Å². The van der Waals surface area contributed by atoms with Crippen LogP contribution in [0.25, 0.3) is 0 Å². The lowest BCUT2D eigenvalue weighted by Crippen LogP contribution is -2.60. The molecule has 176 valence electrons. The third-order valence-electron chi connectivity index (χ3n) is 4.13. The summed E-state index contributed by atoms with van der Waals surface area (Å²) in [6.07, 6.45) is -2.07. The Kier molecular flexibility index (Phi) is 8.86. The van der Waals surface area contributed by atoms with Crippen molar-refractivity contribution in [2.24, 2.45) is 0 Å². The maximum Gasteiger partial charge on any atom is 0.433 e. The number of amides is 4. The monoisotopic (exact) mass is 453 g/mol. The van der Waals surface area contributed by atoms with E-state index in [0.29, 0.717) is 0 Å². The van der Waals surface area contributed by atoms with E-state index in [9.17, 15) is 19.2 Å². The molecule has 32 heavy (non-hydrogen) atoms. The molecule has 13 heteroatoms. The molecule has 1 unspecified atom stereocenters. The van der Waals surface area contributed by atoms with Crippen LogP contribution >= 0.6 is 0 Å². The summed E-state index contributed by atoms with van der Waals surface area (Å²) in [6.45, 7) is 6.32. The summed E-state index contributed by atoms with van der Waals surface area (Å²) in [6, 6.07) is 2.03. The van der Waals surface area contributed by atoms with Crippen molar-refractivity contribution in [2.45, 2.75) is 33.7 Å². The largest absolute Gasteiger partial charge is 0.449 e. The molecule has 4 amide bonds. The normalized spacial score (nSPS) is 14.7. The van der Waals surface area contributed by atoms with Crippen LogP contribution in [-0.2, 0) is 18.9 Å². The number of hydrogen-bond acceptors (Lipinski definition) is 9. The Morgan fingerprint density at radius 3 is 2.25 bits per heavy atom. The van der Waals surface area contributed by atoms with Crippen molar-refractivity contribution < 1.29 is 38.1 Å². The lowest BCUT2D eigenvalue weighted by molar-refractivity contribution is 0.0330. The number of ether oxygens (including phenoxy) is 4. The molecular formula is C19H27N5O8. The zero-order valence-electron chi connectivity index (χ0n) is 18.4. The maximum atomic E-state index is 12.7. The van der Waals surface area contributed by atoms with Gasteiger partial charge in [0.05, 0.1) is 44.4 Å². The van der Waals surface area contributed by atoms with Crippen LogP contribution in [-0.4, -0.2) is 72.3 Å². The summed E-state index contributed by atoms with van der Waals surface area (Å²) in [4.78, 5) is 54.4. The highest BCUT2D eigenvalue weighted by Crippen LogP contribution is 2.36. The minimum Gasteiger partial charge on any atom is -0.449 e. The molecule has 1 aromatic rings. The molecule has 0 saturated heterocycles. The van der Waals surface area contributed by atoms with Gasteiger partial charge in [-0.2, -0.15) is 5.01 Å². The van der Waals surface area contributed by atoms with Crippen molar-refractivity contribution >= 4 is 30.1 Å². The van der Waals surface area contributed by atoms with Crippen LogP contribution < -0.4 is 10.4 Å². The lowest BCUT2D eigenvalue weighted by Gasteiger charge is -2.42. The van der Waals surface area contributed by atoms with Gasteiger partial charge in [0.1, 0.15) is 6.04 Å². The van der Waals surface area contributed by atoms with Gasteiger partial charge in [-0.05, 0) is 39.8 Å². The second-order valence-corrected chi connectivity index (χ2v) is 6.12. The van der Waals surface area contributed by atoms with E-state index in [-0.39, 0.29) is 44.4 Å². The number of nitrogens with zero attached hydrogens (tertiary/aromatic N) is 4. The number of carbonyl (C=O) groups excluding carboxylic acids is 4. The average Bonchev–Trinajstić information content (AvgIpc) is 2.77. The number of rotatable bonds is 5. The molecule has 0 spiro atoms. The summed E-state index contributed by atoms with van der Waals surface area (Å²) in [7, 11) is 0. The predicted molar refractivity (Wildman–Crippen MR) is 109 cm³/mol. The van der Waals surface area contributed by atoms with Gasteiger partial charge in [0, 0.05) is 6.20 Å². The van der Waals surface area contributed by atoms with E-state index in [1.54, 1.807) is 33.8 Å². The lowest BCUT2D eigenvalue weighted by atomic mass is 10.1. The third-order valence-corrected chi connectivity index (χ3v) is 4.13. The quantitative estimate of drug-likeness (QED) is 0.526. The van der Waals surface area contributed by atoms with Crippen molar-refractivity contribution in [3.05, 3.63) is 24.0 Å². The number of nitrogens with one attached hydrogen (secondary N) is 1. The van der Waals surface area contributed by atoms with E-state index in [1.165, 1.54) is 12.3 Å². The number of pyridine rings is 1. The van der Waals surface area contributed by atoms with Gasteiger partial charge in [0.2, 0.25) is 0 Å². The fourth-order valence-corrected chi connectivity index (χ4v) is 2.95. The minimum absolute atomic E-state index is 0.0260. The average molecular weight is 453 g/mol. The van der Waals surface area contributed by atoms with Crippen molar-refractivity contribution in [3.63, 3.8) is 0 Å². The summed E-state index contributed by atoms with van der Waals surface area (Å²) < 4.78 is 20.1. The van der Waals surface area contributed by atoms with Gasteiger partial charge in [-0.15, -0.1) is 0 Å². The summed E-state index contributed by atoms with van der Waals surface area (Å²) in [5, 5.41) is 2.81. The van der Waals surface area contributed by atoms with Crippen LogP contribution in [0.5, 0.6) is 0 Å². The summed E-state index contributed by atoms with van der Waals surface area (Å²) in [5.41, 5.74) is 2.69. The summed E-state index contributed by atoms with van der Waals surface area (Å²) in [5.74, 6) is 0. The van der Waals surface area contributed by atoms with Gasteiger partial charge >= 0.3 is 24.4 Å². The molecule has 0 aromatic carbocycles. The number of carbonyl (C=O) groups is 4. The first-order valence-corrected chi connectivity index (χ1v) is 10.1. The molecule has 0 saturated carbocycles. The first kappa shape index (κ1) is 24.5. The number of fused-ring (bicyclic) bond motifs is 1. The van der Waals surface area contributed by atoms with E-state index in [4.69, 9.17) is 18.9 Å². The Hall–Kier alpha value is -3.77. The number of hydrogen-bond donors (Lipinski definition) is 1. The highest BCUT2D eigenvalue weighted by molar-refractivity contribution is 5.92. The molecule has 1 aliphatic rings. The smallest absolute Gasteiger partial charge is 0.433 e. The molecule has 0 aliphatic carbocycles. The van der Waals surface area contributed by atoms with Crippen LogP contribution in [0.3, 0.4) is 0 Å². The second-order valence-electron chi connectivity index (χ2n) is 6.12. The van der Waals surface area contributed by atoms with E-state index in [1.807, 2.05) is 0 Å². The van der Waals surface area contributed by atoms with Gasteiger partial charge in [0.15, 0.2) is 0 Å². The standard InChI is InChI=1S/C19H27N5O8/c1-5-29-16(25)21-23(18(27)31-7-3)14-12-22(17(26)30-6-2)24(19(28)32-8-4)13-10-9-11-20-15(13)14/h9-11,14H,5-8,12H2,1-4H3,(H,21,25). The zero-order valence-corrected chi connectivity index (χ0v) is 18.4. The molecule has 1 atom stereocenters. The van der Waals surface area contributed by atoms with Crippen molar-refractivity contribution in [3.8, 4) is 0 Å². The highest BCUT2D eigenvalue weighted by atomic mass is 16.6. The van der Waals surface area contributed by atoms with Crippen molar-refractivity contribution in [1.29, 1.82) is 0 Å². The molecule has 1 N–H and O–H groups in total. The molecular weight excluding hydrogens is 426 g/mol. The Labute approximate surface area is 185 Å². The molecule has 2 heterocycles. The Morgan fingerprint density at radius 1 is 1.00 bits per heavy atom. The fraction of sp³-hybridized carbons (Fsp3) is 0.526. The Morgan fingerprint density at radius 2 is 1.62 bits per heavy atom. The van der Waals surface area contributed by atoms with Gasteiger partial charge in [0.25, 0.3) is 0 Å². The molecule has 13 nitrogen and oxygen atoms in total. The first-order chi connectivity index (χ1) is 15.4. The molecule has 2 rings (SSSR count). The van der Waals surface area contributed by atoms with E-state index >= 15 is 0 Å². The zero-order chi connectivity index (χ0) is 23.7. The minimum atomic E-state index is -1.04. The van der Waals surface area contributed by atoms with E-state index in [2.05, 4.69) is 10.4 Å². The molecule has 1 aromatic heterocycles. The van der Waals surface area contributed by atoms with Gasteiger partial charge in [-0.3, -0.25) is 4.98 Å². The van der Waals surface area contributed by atoms with Crippen LogP contribution in [0.4, 0.5) is 24.9 Å². The number of aromatic nitrogens is 1. The number of anilines is 1. The van der Waals surface area contributed by atoms with Crippen LogP contribution in [0.1, 0.15) is 39.4 Å². The van der Waals surface area contributed by atoms with Crippen molar-refractivity contribution in [1.82, 2.24) is 20.4 Å². The summed E-state index contributed by atoms with van der Waals surface area (Å²) >= 11 is 0. The van der Waals surface area contributed by atoms with Gasteiger partial charge < -0.3 is 18.9 Å². The van der Waals surface area contributed by atoms with Crippen LogP contribution in [0.2, 0.25) is 0 Å². The molecule has 0 fully saturated rings. The van der Waals surface area contributed by atoms with Crippen LogP contribution in [0, 0.1) is 0 Å². The van der Waals surface area contributed by atoms with Crippen molar-refractivity contribution in [2.75, 3.05) is 38.0 Å². The van der Waals surface area contributed by atoms with Gasteiger partial charge in [-0.1, -0.05) is 0 Å². The predicted octanol–water partition coefficient (Wildman–Crippen LogP) is 2.59. The van der Waals surface area contributed by atoms with Crippen LogP contribution in [0.15, 0.2) is 18.3 Å².